The van der Waals surface area contributed by atoms with Gasteiger partial charge in [-0.3, -0.25) is 10.3 Å². The molecule has 1 aromatic carbocycles. The van der Waals surface area contributed by atoms with Gasteiger partial charge in [0.1, 0.15) is 12.3 Å². The summed E-state index contributed by atoms with van der Waals surface area (Å²) in [7, 11) is 1.24. The minimum atomic E-state index is -0.726. The largest absolute Gasteiger partial charge is 0.464 e. The molecule has 0 spiro atoms. The predicted molar refractivity (Wildman–Crippen MR) is 81.3 cm³/mol. The van der Waals surface area contributed by atoms with Crippen LogP contribution in [0.4, 0.5) is 4.79 Å². The highest BCUT2D eigenvalue weighted by molar-refractivity contribution is 5.95. The first-order valence-corrected chi connectivity index (χ1v) is 6.67. The first-order valence-electron chi connectivity index (χ1n) is 6.67. The molecule has 0 fully saturated rings. The molecule has 22 heavy (non-hydrogen) atoms. The maximum Gasteiger partial charge on any atom is 0.412 e. The third-order valence-electron chi connectivity index (χ3n) is 2.84. The lowest BCUT2D eigenvalue weighted by Crippen LogP contribution is -2.28. The number of ether oxygens (including phenoxy) is 2. The van der Waals surface area contributed by atoms with Gasteiger partial charge in [-0.15, -0.1) is 0 Å². The van der Waals surface area contributed by atoms with Crippen LogP contribution in [0.15, 0.2) is 58.7 Å². The first-order chi connectivity index (χ1) is 10.7. The number of benzene rings is 1. The van der Waals surface area contributed by atoms with Crippen LogP contribution in [0, 0.1) is 0 Å². The SMILES string of the molecule is COC(=O)/C(=C/C1=CCN=C1)NC(=O)OCc1ccccc1. The van der Waals surface area contributed by atoms with Gasteiger partial charge in [0.2, 0.25) is 0 Å². The maximum absolute atomic E-state index is 11.8. The summed E-state index contributed by atoms with van der Waals surface area (Å²) in [5.41, 5.74) is 1.58. The van der Waals surface area contributed by atoms with Gasteiger partial charge in [-0.25, -0.2) is 9.59 Å². The number of methoxy groups -OCH3 is 1. The van der Waals surface area contributed by atoms with Crippen molar-refractivity contribution in [3.05, 3.63) is 59.3 Å². The number of aliphatic imine (C=N–C) groups is 1. The van der Waals surface area contributed by atoms with E-state index in [4.69, 9.17) is 4.74 Å². The van der Waals surface area contributed by atoms with Crippen LogP contribution in [0.1, 0.15) is 5.56 Å². The van der Waals surface area contributed by atoms with Crippen molar-refractivity contribution < 1.29 is 19.1 Å². The number of rotatable bonds is 5. The molecule has 0 saturated carbocycles. The Morgan fingerprint density at radius 2 is 2.09 bits per heavy atom. The van der Waals surface area contributed by atoms with E-state index in [0.29, 0.717) is 6.54 Å². The Morgan fingerprint density at radius 1 is 1.32 bits per heavy atom. The summed E-state index contributed by atoms with van der Waals surface area (Å²) in [4.78, 5) is 27.5. The Hall–Kier alpha value is -2.89. The number of hydrogen-bond acceptors (Lipinski definition) is 5. The maximum atomic E-state index is 11.8. The normalized spacial score (nSPS) is 13.5. The van der Waals surface area contributed by atoms with Gasteiger partial charge in [-0.1, -0.05) is 36.4 Å². The molecule has 0 aliphatic carbocycles. The highest BCUT2D eigenvalue weighted by Crippen LogP contribution is 2.06. The number of amides is 1. The smallest absolute Gasteiger partial charge is 0.412 e. The number of nitrogens with zero attached hydrogens (tertiary/aromatic N) is 1. The van der Waals surface area contributed by atoms with E-state index in [0.717, 1.165) is 11.1 Å². The molecule has 0 saturated heterocycles. The molecule has 1 aliphatic heterocycles. The highest BCUT2D eigenvalue weighted by Gasteiger charge is 2.15. The second-order valence-corrected chi connectivity index (χ2v) is 4.43. The molecule has 6 nitrogen and oxygen atoms in total. The summed E-state index contributed by atoms with van der Waals surface area (Å²) in [6.07, 6.45) is 4.20. The Labute approximate surface area is 128 Å². The average Bonchev–Trinajstić information content (AvgIpc) is 3.05. The summed E-state index contributed by atoms with van der Waals surface area (Å²) in [5, 5.41) is 2.39. The molecule has 1 aromatic rings. The van der Waals surface area contributed by atoms with Crippen LogP contribution >= 0.6 is 0 Å². The Kier molecular flexibility index (Phi) is 5.48. The van der Waals surface area contributed by atoms with E-state index in [1.807, 2.05) is 36.4 Å². The number of esters is 1. The number of carbonyl (C=O) groups is 2. The summed E-state index contributed by atoms with van der Waals surface area (Å²) in [6.45, 7) is 0.671. The molecule has 1 heterocycles. The van der Waals surface area contributed by atoms with Gasteiger partial charge in [-0.2, -0.15) is 0 Å². The lowest BCUT2D eigenvalue weighted by atomic mass is 10.2. The van der Waals surface area contributed by atoms with Gasteiger partial charge < -0.3 is 9.47 Å². The van der Waals surface area contributed by atoms with Crippen LogP contribution in [-0.2, 0) is 20.9 Å². The third-order valence-corrected chi connectivity index (χ3v) is 2.84. The second kappa shape index (κ2) is 7.78. The number of carbonyl (C=O) groups excluding carboxylic acids is 2. The lowest BCUT2D eigenvalue weighted by Gasteiger charge is -2.09. The van der Waals surface area contributed by atoms with Crippen LogP contribution < -0.4 is 5.32 Å². The molecule has 1 aliphatic rings. The average molecular weight is 300 g/mol. The van der Waals surface area contributed by atoms with Crippen molar-refractivity contribution in [2.45, 2.75) is 6.61 Å². The van der Waals surface area contributed by atoms with Crippen molar-refractivity contribution in [1.29, 1.82) is 0 Å². The highest BCUT2D eigenvalue weighted by atomic mass is 16.6. The van der Waals surface area contributed by atoms with Gasteiger partial charge in [0, 0.05) is 6.21 Å². The number of nitrogens with one attached hydrogen (secondary N) is 1. The number of alkyl carbamates (subject to hydrolysis) is 1. The second-order valence-electron chi connectivity index (χ2n) is 4.43. The van der Waals surface area contributed by atoms with Gasteiger partial charge >= 0.3 is 12.1 Å². The molecule has 2 rings (SSSR count). The molecule has 0 bridgehead atoms. The topological polar surface area (TPSA) is 77.0 Å². The molecule has 0 radical (unpaired) electrons. The van der Waals surface area contributed by atoms with E-state index in [9.17, 15) is 9.59 Å². The van der Waals surface area contributed by atoms with Gasteiger partial charge in [0.15, 0.2) is 0 Å². The Bertz CT molecular complexity index is 633. The van der Waals surface area contributed by atoms with Crippen molar-refractivity contribution >= 4 is 18.3 Å². The zero-order valence-electron chi connectivity index (χ0n) is 12.1. The molecule has 1 amide bonds. The van der Waals surface area contributed by atoms with E-state index >= 15 is 0 Å². The molecule has 0 unspecified atom stereocenters. The van der Waals surface area contributed by atoms with E-state index in [1.54, 1.807) is 6.21 Å². The van der Waals surface area contributed by atoms with Crippen molar-refractivity contribution in [2.24, 2.45) is 4.99 Å². The van der Waals surface area contributed by atoms with Crippen molar-refractivity contribution in [3.63, 3.8) is 0 Å². The number of hydrogen-bond donors (Lipinski definition) is 1. The molecule has 0 aromatic heterocycles. The van der Waals surface area contributed by atoms with Crippen LogP contribution in [-0.4, -0.2) is 31.9 Å². The fraction of sp³-hybridized carbons (Fsp3) is 0.188. The zero-order valence-corrected chi connectivity index (χ0v) is 12.1. The van der Waals surface area contributed by atoms with E-state index in [2.05, 4.69) is 15.0 Å². The lowest BCUT2D eigenvalue weighted by molar-refractivity contribution is -0.136. The monoisotopic (exact) mass is 300 g/mol. The van der Waals surface area contributed by atoms with Crippen LogP contribution in [0.25, 0.3) is 0 Å². The zero-order chi connectivity index (χ0) is 15.8. The van der Waals surface area contributed by atoms with Crippen molar-refractivity contribution in [1.82, 2.24) is 5.32 Å². The molecular formula is C16H16N2O4. The van der Waals surface area contributed by atoms with Crippen molar-refractivity contribution in [2.75, 3.05) is 13.7 Å². The van der Waals surface area contributed by atoms with E-state index in [1.165, 1.54) is 13.2 Å². The van der Waals surface area contributed by atoms with Gasteiger partial charge in [0.25, 0.3) is 0 Å². The van der Waals surface area contributed by atoms with Gasteiger partial charge in [0.05, 0.1) is 13.7 Å². The fourth-order valence-electron chi connectivity index (χ4n) is 1.76. The van der Waals surface area contributed by atoms with Gasteiger partial charge in [-0.05, 0) is 17.2 Å². The van der Waals surface area contributed by atoms with E-state index < -0.39 is 12.1 Å². The quantitative estimate of drug-likeness (QED) is 0.666. The third kappa shape index (κ3) is 4.59. The van der Waals surface area contributed by atoms with Crippen LogP contribution in [0.2, 0.25) is 0 Å². The minimum Gasteiger partial charge on any atom is -0.464 e. The Morgan fingerprint density at radius 3 is 2.73 bits per heavy atom. The van der Waals surface area contributed by atoms with E-state index in [-0.39, 0.29) is 12.3 Å². The summed E-state index contributed by atoms with van der Waals surface area (Å²) < 4.78 is 9.70. The molecule has 1 N–H and O–H groups in total. The van der Waals surface area contributed by atoms with Crippen LogP contribution in [0.5, 0.6) is 0 Å². The van der Waals surface area contributed by atoms with Crippen molar-refractivity contribution in [3.8, 4) is 0 Å². The predicted octanol–water partition coefficient (Wildman–Crippen LogP) is 1.98. The summed E-state index contributed by atoms with van der Waals surface area (Å²) in [6, 6.07) is 9.25. The fourth-order valence-corrected chi connectivity index (χ4v) is 1.76. The minimum absolute atomic E-state index is 0.000150. The summed E-state index contributed by atoms with van der Waals surface area (Å²) in [5.74, 6) is -0.655. The first kappa shape index (κ1) is 15.5. The number of allylic oxidation sites excluding steroid dienone is 2. The molecule has 114 valence electrons. The standard InChI is InChI=1S/C16H16N2O4/c1-21-15(19)14(9-13-7-8-17-10-13)18-16(20)22-11-12-5-3-2-4-6-12/h2-7,9-10H,8,11H2,1H3,(H,18,20)/b14-9-. The molecule has 0 atom stereocenters. The van der Waals surface area contributed by atoms with Crippen LogP contribution in [0.3, 0.4) is 0 Å². The molecular weight excluding hydrogens is 284 g/mol. The Balaban J connectivity index is 1.96. The summed E-state index contributed by atoms with van der Waals surface area (Å²) >= 11 is 0. The molecule has 6 heteroatoms.